The number of hydrogen-bond donors (Lipinski definition) is 1. The molecular formula is C18H17F2NO2. The maximum atomic E-state index is 13.7. The summed E-state index contributed by atoms with van der Waals surface area (Å²) in [6, 6.07) is 12.6. The van der Waals surface area contributed by atoms with E-state index in [4.69, 9.17) is 0 Å². The molecule has 23 heavy (non-hydrogen) atoms. The summed E-state index contributed by atoms with van der Waals surface area (Å²) in [6.07, 6.45) is 0.664. The molecule has 0 aliphatic carbocycles. The molecule has 1 N–H and O–H groups in total. The molecule has 0 atom stereocenters. The van der Waals surface area contributed by atoms with Gasteiger partial charge in [0, 0.05) is 13.1 Å². The summed E-state index contributed by atoms with van der Waals surface area (Å²) in [6.45, 7) is 0.496. The molecule has 0 saturated carbocycles. The topological polar surface area (TPSA) is 40.5 Å². The summed E-state index contributed by atoms with van der Waals surface area (Å²) in [7, 11) is 0. The van der Waals surface area contributed by atoms with Gasteiger partial charge in [-0.05, 0) is 30.5 Å². The van der Waals surface area contributed by atoms with Crippen molar-refractivity contribution in [2.24, 2.45) is 0 Å². The second-order valence-corrected chi connectivity index (χ2v) is 5.79. The number of halogens is 2. The van der Waals surface area contributed by atoms with E-state index >= 15 is 0 Å². The van der Waals surface area contributed by atoms with Gasteiger partial charge in [0.25, 0.3) is 5.91 Å². The molecule has 2 aromatic carbocycles. The molecule has 1 saturated heterocycles. The first-order chi connectivity index (χ1) is 11.0. The first-order valence-corrected chi connectivity index (χ1v) is 7.52. The van der Waals surface area contributed by atoms with Gasteiger partial charge in [0.2, 0.25) is 0 Å². The Balaban J connectivity index is 1.76. The van der Waals surface area contributed by atoms with Crippen LogP contribution in [-0.2, 0) is 5.60 Å². The van der Waals surface area contributed by atoms with E-state index in [0.29, 0.717) is 12.8 Å². The number of carbonyl (C=O) groups is 1. The van der Waals surface area contributed by atoms with Crippen molar-refractivity contribution in [3.05, 3.63) is 71.3 Å². The van der Waals surface area contributed by atoms with Crippen molar-refractivity contribution in [1.82, 2.24) is 4.90 Å². The minimum atomic E-state index is -1.01. The van der Waals surface area contributed by atoms with Crippen molar-refractivity contribution in [2.75, 3.05) is 13.1 Å². The Hall–Kier alpha value is -2.27. The van der Waals surface area contributed by atoms with Crippen LogP contribution >= 0.6 is 0 Å². The molecule has 2 aromatic rings. The number of piperidine rings is 1. The number of carbonyl (C=O) groups excluding carboxylic acids is 1. The fourth-order valence-corrected chi connectivity index (χ4v) is 2.98. The maximum absolute atomic E-state index is 13.7. The Morgan fingerprint density at radius 3 is 2.09 bits per heavy atom. The molecule has 0 unspecified atom stereocenters. The molecule has 0 aromatic heterocycles. The van der Waals surface area contributed by atoms with Crippen LogP contribution in [0.5, 0.6) is 0 Å². The lowest BCUT2D eigenvalue weighted by Gasteiger charge is -2.38. The number of rotatable bonds is 2. The second-order valence-electron chi connectivity index (χ2n) is 5.79. The van der Waals surface area contributed by atoms with Crippen LogP contribution in [-0.4, -0.2) is 29.0 Å². The van der Waals surface area contributed by atoms with Crippen LogP contribution in [0.2, 0.25) is 0 Å². The van der Waals surface area contributed by atoms with E-state index in [0.717, 1.165) is 17.7 Å². The van der Waals surface area contributed by atoms with E-state index in [1.165, 1.54) is 11.0 Å². The summed E-state index contributed by atoms with van der Waals surface area (Å²) in [5.74, 6) is -2.39. The predicted molar refractivity (Wildman–Crippen MR) is 81.8 cm³/mol. The molecule has 120 valence electrons. The van der Waals surface area contributed by atoms with Gasteiger partial charge in [-0.3, -0.25) is 4.79 Å². The second kappa shape index (κ2) is 6.08. The number of likely N-dealkylation sites (tertiary alicyclic amines) is 1. The normalized spacial score (nSPS) is 17.1. The van der Waals surface area contributed by atoms with E-state index in [2.05, 4.69) is 0 Å². The lowest BCUT2D eigenvalue weighted by atomic mass is 9.84. The Kier molecular flexibility index (Phi) is 4.13. The lowest BCUT2D eigenvalue weighted by Crippen LogP contribution is -2.45. The Labute approximate surface area is 133 Å². The highest BCUT2D eigenvalue weighted by molar-refractivity contribution is 5.94. The number of amides is 1. The fraction of sp³-hybridized carbons (Fsp3) is 0.278. The quantitative estimate of drug-likeness (QED) is 0.925. The number of hydrogen-bond acceptors (Lipinski definition) is 2. The van der Waals surface area contributed by atoms with Gasteiger partial charge in [0.05, 0.1) is 5.60 Å². The smallest absolute Gasteiger partial charge is 0.259 e. The van der Waals surface area contributed by atoms with E-state index in [1.807, 2.05) is 30.3 Å². The van der Waals surface area contributed by atoms with Crippen molar-refractivity contribution >= 4 is 5.91 Å². The van der Waals surface area contributed by atoms with Gasteiger partial charge in [-0.15, -0.1) is 0 Å². The van der Waals surface area contributed by atoms with E-state index in [9.17, 15) is 18.7 Å². The summed E-state index contributed by atoms with van der Waals surface area (Å²) >= 11 is 0. The highest BCUT2D eigenvalue weighted by atomic mass is 19.1. The van der Waals surface area contributed by atoms with Gasteiger partial charge < -0.3 is 10.0 Å². The number of aliphatic hydroxyl groups is 1. The zero-order chi connectivity index (χ0) is 16.4. The minimum absolute atomic E-state index is 0.248. The van der Waals surface area contributed by atoms with Crippen LogP contribution in [0.1, 0.15) is 28.8 Å². The molecule has 0 radical (unpaired) electrons. The standard InChI is InChI=1S/C18H17F2NO2/c19-14-7-4-8-15(20)16(14)17(22)21-11-9-18(23,10-12-21)13-5-2-1-3-6-13/h1-8,23H,9-12H2. The molecule has 0 bridgehead atoms. The van der Waals surface area contributed by atoms with Crippen LogP contribution in [0.25, 0.3) is 0 Å². The molecule has 1 amide bonds. The number of benzene rings is 2. The van der Waals surface area contributed by atoms with Crippen LogP contribution in [0.4, 0.5) is 8.78 Å². The van der Waals surface area contributed by atoms with E-state index in [-0.39, 0.29) is 13.1 Å². The fourth-order valence-electron chi connectivity index (χ4n) is 2.98. The Morgan fingerprint density at radius 2 is 1.52 bits per heavy atom. The van der Waals surface area contributed by atoms with Crippen LogP contribution < -0.4 is 0 Å². The third kappa shape index (κ3) is 2.97. The third-order valence-corrected chi connectivity index (χ3v) is 4.37. The van der Waals surface area contributed by atoms with Crippen LogP contribution in [0.3, 0.4) is 0 Å². The highest BCUT2D eigenvalue weighted by Gasteiger charge is 2.36. The van der Waals surface area contributed by atoms with Gasteiger partial charge in [0.1, 0.15) is 17.2 Å². The predicted octanol–water partition coefficient (Wildman–Crippen LogP) is 3.09. The molecule has 1 heterocycles. The monoisotopic (exact) mass is 317 g/mol. The molecule has 5 heteroatoms. The van der Waals surface area contributed by atoms with Crippen molar-refractivity contribution < 1.29 is 18.7 Å². The van der Waals surface area contributed by atoms with Gasteiger partial charge in [-0.2, -0.15) is 0 Å². The molecule has 3 rings (SSSR count). The van der Waals surface area contributed by atoms with Gasteiger partial charge >= 0.3 is 0 Å². The molecular weight excluding hydrogens is 300 g/mol. The summed E-state index contributed by atoms with van der Waals surface area (Å²) in [4.78, 5) is 13.7. The van der Waals surface area contributed by atoms with Gasteiger partial charge in [-0.1, -0.05) is 36.4 Å². The van der Waals surface area contributed by atoms with Gasteiger partial charge in [0.15, 0.2) is 0 Å². The van der Waals surface area contributed by atoms with Crippen molar-refractivity contribution in [2.45, 2.75) is 18.4 Å². The summed E-state index contributed by atoms with van der Waals surface area (Å²) in [5.41, 5.74) is -0.743. The van der Waals surface area contributed by atoms with E-state index < -0.39 is 28.7 Å². The maximum Gasteiger partial charge on any atom is 0.259 e. The largest absolute Gasteiger partial charge is 0.385 e. The zero-order valence-electron chi connectivity index (χ0n) is 12.5. The average Bonchev–Trinajstić information content (AvgIpc) is 2.56. The Bertz CT molecular complexity index is 690. The minimum Gasteiger partial charge on any atom is -0.385 e. The summed E-state index contributed by atoms with van der Waals surface area (Å²) < 4.78 is 27.5. The SMILES string of the molecule is O=C(c1c(F)cccc1F)N1CCC(O)(c2ccccc2)CC1. The molecule has 3 nitrogen and oxygen atoms in total. The summed E-state index contributed by atoms with van der Waals surface area (Å²) in [5, 5.41) is 10.7. The van der Waals surface area contributed by atoms with Crippen molar-refractivity contribution in [3.8, 4) is 0 Å². The molecule has 1 aliphatic heterocycles. The third-order valence-electron chi connectivity index (χ3n) is 4.37. The highest BCUT2D eigenvalue weighted by Crippen LogP contribution is 2.33. The zero-order valence-corrected chi connectivity index (χ0v) is 12.5. The van der Waals surface area contributed by atoms with E-state index in [1.54, 1.807) is 0 Å². The molecule has 1 aliphatic rings. The first kappa shape index (κ1) is 15.6. The molecule has 0 spiro atoms. The first-order valence-electron chi connectivity index (χ1n) is 7.52. The lowest BCUT2D eigenvalue weighted by molar-refractivity contribution is -0.0213. The number of nitrogens with zero attached hydrogens (tertiary/aromatic N) is 1. The van der Waals surface area contributed by atoms with Gasteiger partial charge in [-0.25, -0.2) is 8.78 Å². The van der Waals surface area contributed by atoms with Crippen LogP contribution in [0, 0.1) is 11.6 Å². The van der Waals surface area contributed by atoms with Crippen molar-refractivity contribution in [1.29, 1.82) is 0 Å². The Morgan fingerprint density at radius 1 is 0.957 bits per heavy atom. The van der Waals surface area contributed by atoms with Crippen molar-refractivity contribution in [3.63, 3.8) is 0 Å². The average molecular weight is 317 g/mol. The van der Waals surface area contributed by atoms with Crippen LogP contribution in [0.15, 0.2) is 48.5 Å². The molecule has 1 fully saturated rings.